The van der Waals surface area contributed by atoms with Crippen molar-refractivity contribution >= 4 is 29.1 Å². The summed E-state index contributed by atoms with van der Waals surface area (Å²) in [5, 5.41) is 3.99. The molecule has 0 radical (unpaired) electrons. The zero-order chi connectivity index (χ0) is 21.4. The molecular weight excluding hydrogens is 382 g/mol. The molecule has 1 atom stereocenters. The molecule has 2 aliphatic heterocycles. The monoisotopic (exact) mass is 407 g/mol. The number of hydrogen-bond donors (Lipinski definition) is 2. The molecule has 1 unspecified atom stereocenters. The number of benzene rings is 2. The van der Waals surface area contributed by atoms with Crippen LogP contribution in [-0.4, -0.2) is 53.6 Å². The van der Waals surface area contributed by atoms with Crippen LogP contribution in [0.3, 0.4) is 0 Å². The van der Waals surface area contributed by atoms with E-state index in [9.17, 15) is 14.4 Å². The van der Waals surface area contributed by atoms with E-state index >= 15 is 0 Å². The summed E-state index contributed by atoms with van der Waals surface area (Å²) in [6.07, 6.45) is -0.506. The van der Waals surface area contributed by atoms with Crippen LogP contribution in [0.1, 0.15) is 16.7 Å². The first-order valence-corrected chi connectivity index (χ1v) is 9.93. The molecule has 2 fully saturated rings. The summed E-state index contributed by atoms with van der Waals surface area (Å²) in [4.78, 5) is 41.4. The van der Waals surface area contributed by atoms with Crippen LogP contribution >= 0.6 is 0 Å². The number of para-hydroxylation sites is 1. The van der Waals surface area contributed by atoms with Gasteiger partial charge < -0.3 is 10.2 Å². The van der Waals surface area contributed by atoms with Crippen molar-refractivity contribution in [1.82, 2.24) is 15.3 Å². The largest absolute Gasteiger partial charge is 0.336 e. The Kier molecular flexibility index (Phi) is 5.17. The lowest BCUT2D eigenvalue weighted by Gasteiger charge is -2.40. The molecule has 156 valence electrons. The molecule has 2 heterocycles. The van der Waals surface area contributed by atoms with E-state index in [1.807, 2.05) is 68.1 Å². The van der Waals surface area contributed by atoms with Gasteiger partial charge >= 0.3 is 11.8 Å². The first kappa shape index (κ1) is 19.9. The van der Waals surface area contributed by atoms with Crippen molar-refractivity contribution in [1.29, 1.82) is 0 Å². The molecule has 4 rings (SSSR count). The number of anilines is 2. The van der Waals surface area contributed by atoms with Gasteiger partial charge in [-0.1, -0.05) is 35.9 Å². The van der Waals surface area contributed by atoms with Crippen LogP contribution < -0.4 is 15.6 Å². The Morgan fingerprint density at radius 2 is 1.63 bits per heavy atom. The molecule has 30 heavy (non-hydrogen) atoms. The second-order valence-electron chi connectivity index (χ2n) is 7.74. The number of carbonyl (C=O) groups excluding carboxylic acids is 3. The maximum Gasteiger partial charge on any atom is 0.326 e. The topological polar surface area (TPSA) is 85.0 Å². The van der Waals surface area contributed by atoms with Gasteiger partial charge in [0.2, 0.25) is 5.91 Å². The summed E-state index contributed by atoms with van der Waals surface area (Å²) in [7, 11) is 0. The molecule has 0 saturated carbocycles. The molecule has 2 aromatic carbocycles. The minimum absolute atomic E-state index is 0.260. The normalized spacial score (nSPS) is 18.6. The van der Waals surface area contributed by atoms with Gasteiger partial charge in [-0.25, -0.2) is 0 Å². The number of rotatable bonds is 4. The van der Waals surface area contributed by atoms with Crippen LogP contribution in [0.2, 0.25) is 0 Å². The third kappa shape index (κ3) is 3.61. The first-order valence-electron chi connectivity index (χ1n) is 9.93. The highest BCUT2D eigenvalue weighted by atomic mass is 16.2. The van der Waals surface area contributed by atoms with E-state index < -0.39 is 18.1 Å². The molecule has 2 aliphatic rings. The molecule has 3 amide bonds. The zero-order valence-electron chi connectivity index (χ0n) is 17.3. The number of fused-ring (bicyclic) bond motifs is 1. The lowest BCUT2D eigenvalue weighted by Crippen LogP contribution is -2.68. The molecule has 0 aliphatic carbocycles. The molecule has 8 heteroatoms. The van der Waals surface area contributed by atoms with Crippen molar-refractivity contribution < 1.29 is 14.4 Å². The predicted octanol–water partition coefficient (Wildman–Crippen LogP) is 1.53. The van der Waals surface area contributed by atoms with E-state index in [0.717, 1.165) is 33.1 Å². The zero-order valence-corrected chi connectivity index (χ0v) is 17.3. The Balaban J connectivity index is 1.50. The summed E-state index contributed by atoms with van der Waals surface area (Å²) in [5.41, 5.74) is 7.74. The van der Waals surface area contributed by atoms with Gasteiger partial charge in [0.05, 0.1) is 0 Å². The lowest BCUT2D eigenvalue weighted by atomic mass is 10.1. The van der Waals surface area contributed by atoms with Crippen LogP contribution in [-0.2, 0) is 14.4 Å². The highest BCUT2D eigenvalue weighted by Gasteiger charge is 2.45. The average Bonchev–Trinajstić information content (AvgIpc) is 3.13. The fourth-order valence-electron chi connectivity index (χ4n) is 4.12. The molecule has 0 spiro atoms. The minimum Gasteiger partial charge on any atom is -0.336 e. The van der Waals surface area contributed by atoms with E-state index in [4.69, 9.17) is 0 Å². The van der Waals surface area contributed by atoms with Crippen molar-refractivity contribution in [3.05, 3.63) is 59.2 Å². The standard InChI is InChI=1S/C22H25N5O3/c1-14-11-15(2)19(16(3)12-14)23-18(28)13-27-21(30)20(29)26-10-9-25(22(26)24-27)17-7-5-4-6-8-17/h4-8,11-12,22,24H,9-10,13H2,1-3H3,(H,23,28). The average molecular weight is 407 g/mol. The van der Waals surface area contributed by atoms with Crippen molar-refractivity contribution in [3.63, 3.8) is 0 Å². The second-order valence-corrected chi connectivity index (χ2v) is 7.74. The van der Waals surface area contributed by atoms with Crippen LogP contribution in [0.15, 0.2) is 42.5 Å². The number of carbonyl (C=O) groups is 3. The summed E-state index contributed by atoms with van der Waals surface area (Å²) in [6.45, 7) is 6.64. The number of aryl methyl sites for hydroxylation is 3. The number of nitrogens with one attached hydrogen (secondary N) is 2. The fraction of sp³-hybridized carbons (Fsp3) is 0.318. The highest BCUT2D eigenvalue weighted by Crippen LogP contribution is 2.25. The van der Waals surface area contributed by atoms with E-state index in [1.165, 1.54) is 4.90 Å². The van der Waals surface area contributed by atoms with Gasteiger partial charge in [-0.15, -0.1) is 0 Å². The Bertz CT molecular complexity index is 984. The van der Waals surface area contributed by atoms with E-state index in [0.29, 0.717) is 13.1 Å². The van der Waals surface area contributed by atoms with E-state index in [-0.39, 0.29) is 12.5 Å². The molecular formula is C22H25N5O3. The maximum absolute atomic E-state index is 12.7. The van der Waals surface area contributed by atoms with Gasteiger partial charge in [0.1, 0.15) is 6.54 Å². The summed E-state index contributed by atoms with van der Waals surface area (Å²) >= 11 is 0. The fourth-order valence-corrected chi connectivity index (χ4v) is 4.12. The molecule has 0 aromatic heterocycles. The SMILES string of the molecule is Cc1cc(C)c(NC(=O)CN2NC3N(CCN3c3ccccc3)C(=O)C2=O)c(C)c1. The Morgan fingerprint density at radius 3 is 2.30 bits per heavy atom. The van der Waals surface area contributed by atoms with E-state index in [2.05, 4.69) is 10.7 Å². The number of nitrogens with zero attached hydrogens (tertiary/aromatic N) is 3. The minimum atomic E-state index is -0.728. The van der Waals surface area contributed by atoms with Gasteiger partial charge in [-0.2, -0.15) is 5.43 Å². The predicted molar refractivity (Wildman–Crippen MR) is 113 cm³/mol. The molecule has 8 nitrogen and oxygen atoms in total. The van der Waals surface area contributed by atoms with Crippen molar-refractivity contribution in [2.75, 3.05) is 29.9 Å². The third-order valence-corrected chi connectivity index (χ3v) is 5.46. The van der Waals surface area contributed by atoms with Crippen molar-refractivity contribution in [3.8, 4) is 0 Å². The Hall–Kier alpha value is -3.39. The van der Waals surface area contributed by atoms with Crippen LogP contribution in [0, 0.1) is 20.8 Å². The summed E-state index contributed by atoms with van der Waals surface area (Å²) in [5.74, 6) is -1.70. The number of hydrazine groups is 1. The van der Waals surface area contributed by atoms with Gasteiger partial charge in [-0.05, 0) is 44.0 Å². The molecule has 2 N–H and O–H groups in total. The van der Waals surface area contributed by atoms with Crippen LogP contribution in [0.4, 0.5) is 11.4 Å². The van der Waals surface area contributed by atoms with Crippen LogP contribution in [0.25, 0.3) is 0 Å². The van der Waals surface area contributed by atoms with E-state index in [1.54, 1.807) is 0 Å². The maximum atomic E-state index is 12.7. The quantitative estimate of drug-likeness (QED) is 0.751. The number of hydrogen-bond acceptors (Lipinski definition) is 5. The molecule has 2 aromatic rings. The van der Waals surface area contributed by atoms with Gasteiger partial charge in [0.15, 0.2) is 6.29 Å². The van der Waals surface area contributed by atoms with Gasteiger partial charge in [-0.3, -0.25) is 24.3 Å². The van der Waals surface area contributed by atoms with Crippen LogP contribution in [0.5, 0.6) is 0 Å². The summed E-state index contributed by atoms with van der Waals surface area (Å²) < 4.78 is 0. The van der Waals surface area contributed by atoms with Crippen molar-refractivity contribution in [2.24, 2.45) is 0 Å². The second kappa shape index (κ2) is 7.79. The van der Waals surface area contributed by atoms with Gasteiger partial charge in [0, 0.05) is 24.5 Å². The Labute approximate surface area is 175 Å². The first-order chi connectivity index (χ1) is 14.3. The van der Waals surface area contributed by atoms with Crippen molar-refractivity contribution in [2.45, 2.75) is 27.1 Å². The third-order valence-electron chi connectivity index (χ3n) is 5.46. The molecule has 2 saturated heterocycles. The Morgan fingerprint density at radius 1 is 1.00 bits per heavy atom. The molecule has 0 bridgehead atoms. The lowest BCUT2D eigenvalue weighted by molar-refractivity contribution is -0.163. The smallest absolute Gasteiger partial charge is 0.326 e. The number of amides is 3. The van der Waals surface area contributed by atoms with Gasteiger partial charge in [0.25, 0.3) is 0 Å². The summed E-state index contributed by atoms with van der Waals surface area (Å²) in [6, 6.07) is 13.6. The highest BCUT2D eigenvalue weighted by molar-refractivity contribution is 6.35.